The second kappa shape index (κ2) is 15.9. The van der Waals surface area contributed by atoms with E-state index >= 15 is 0 Å². The van der Waals surface area contributed by atoms with Crippen molar-refractivity contribution in [3.8, 4) is 96.0 Å². The first-order valence-electron chi connectivity index (χ1n) is 19.9. The first-order valence-corrected chi connectivity index (χ1v) is 19.9. The third kappa shape index (κ3) is 7.11. The van der Waals surface area contributed by atoms with Crippen LogP contribution in [-0.2, 0) is 0 Å². The number of para-hydroxylation sites is 1. The van der Waals surface area contributed by atoms with Gasteiger partial charge in [-0.25, -0.2) is 19.9 Å². The van der Waals surface area contributed by atoms with Crippen molar-refractivity contribution in [2.75, 3.05) is 0 Å². The zero-order valence-electron chi connectivity index (χ0n) is 32.4. The summed E-state index contributed by atoms with van der Waals surface area (Å²) in [6.45, 7) is 0. The minimum Gasteiger partial charge on any atom is -0.228 e. The van der Waals surface area contributed by atoms with Crippen molar-refractivity contribution in [2.24, 2.45) is 0 Å². The second-order valence-electron chi connectivity index (χ2n) is 14.5. The molecule has 5 nitrogen and oxygen atoms in total. The van der Waals surface area contributed by atoms with E-state index in [1.165, 1.54) is 0 Å². The summed E-state index contributed by atoms with van der Waals surface area (Å²) in [6, 6.07) is 74.6. The molecule has 0 aliphatic rings. The fourth-order valence-electron chi connectivity index (χ4n) is 7.78. The summed E-state index contributed by atoms with van der Waals surface area (Å²) in [5.41, 5.74) is 15.4. The van der Waals surface area contributed by atoms with Gasteiger partial charge in [0.15, 0.2) is 11.6 Å². The van der Waals surface area contributed by atoms with Gasteiger partial charge in [0.1, 0.15) is 0 Å². The van der Waals surface area contributed by atoms with Crippen LogP contribution in [0, 0.1) is 11.3 Å². The van der Waals surface area contributed by atoms with Crippen LogP contribution in [0.15, 0.2) is 212 Å². The Bertz CT molecular complexity index is 3190. The molecule has 10 aromatic rings. The molecule has 5 heteroatoms. The van der Waals surface area contributed by atoms with Crippen LogP contribution < -0.4 is 0 Å². The van der Waals surface area contributed by atoms with Crippen molar-refractivity contribution < 1.29 is 0 Å². The Labute approximate surface area is 348 Å². The molecule has 0 bridgehead atoms. The van der Waals surface area contributed by atoms with Gasteiger partial charge in [-0.15, -0.1) is 0 Å². The quantitative estimate of drug-likeness (QED) is 0.154. The lowest BCUT2D eigenvalue weighted by Crippen LogP contribution is -1.97. The van der Waals surface area contributed by atoms with Crippen molar-refractivity contribution >= 4 is 10.9 Å². The van der Waals surface area contributed by atoms with E-state index in [0.29, 0.717) is 17.2 Å². The molecule has 8 aromatic carbocycles. The van der Waals surface area contributed by atoms with E-state index in [0.717, 1.165) is 89.2 Å². The number of fused-ring (bicyclic) bond motifs is 1. The van der Waals surface area contributed by atoms with Crippen LogP contribution in [0.4, 0.5) is 0 Å². The van der Waals surface area contributed by atoms with Crippen molar-refractivity contribution in [3.63, 3.8) is 0 Å². The molecule has 0 radical (unpaired) electrons. The smallest absolute Gasteiger partial charge is 0.160 e. The summed E-state index contributed by atoms with van der Waals surface area (Å²) in [5, 5.41) is 10.5. The average Bonchev–Trinajstić information content (AvgIpc) is 3.34. The number of hydrogen-bond donors (Lipinski definition) is 0. The molecule has 0 aliphatic carbocycles. The molecule has 280 valence electrons. The van der Waals surface area contributed by atoms with Gasteiger partial charge in [0.05, 0.1) is 34.2 Å². The lowest BCUT2D eigenvalue weighted by atomic mass is 9.90. The summed E-state index contributed by atoms with van der Waals surface area (Å²) in [7, 11) is 0. The van der Waals surface area contributed by atoms with Gasteiger partial charge in [-0.3, -0.25) is 0 Å². The maximum Gasteiger partial charge on any atom is 0.160 e. The van der Waals surface area contributed by atoms with E-state index in [1.807, 2.05) is 103 Å². The monoisotopic (exact) mass is 765 g/mol. The highest BCUT2D eigenvalue weighted by Gasteiger charge is 2.18. The maximum absolute atomic E-state index is 9.46. The van der Waals surface area contributed by atoms with E-state index in [9.17, 15) is 5.26 Å². The molecule has 0 aliphatic heterocycles. The predicted octanol–water partition coefficient (Wildman–Crippen LogP) is 13.6. The highest BCUT2D eigenvalue weighted by Crippen LogP contribution is 2.40. The first kappa shape index (κ1) is 36.0. The van der Waals surface area contributed by atoms with Gasteiger partial charge < -0.3 is 0 Å². The maximum atomic E-state index is 9.46. The predicted molar refractivity (Wildman–Crippen MR) is 243 cm³/mol. The SMILES string of the molecule is N#Cc1cccc(-c2ccc(-c3cc(-c4ccccc4-c4ccccc4-c4ccc(-c5nc(-c6ccccc6)nc6ccccc56)cc4)nc(-c4ccccc4)n3)cc2)c1. The summed E-state index contributed by atoms with van der Waals surface area (Å²) >= 11 is 0. The molecule has 0 saturated carbocycles. The Morgan fingerprint density at radius 2 is 0.833 bits per heavy atom. The summed E-state index contributed by atoms with van der Waals surface area (Å²) in [4.78, 5) is 20.3. The standard InChI is InChI=1S/C55H35N5/c56-36-37-14-13-19-44(34-37)38-26-30-40(31-27-38)51-35-52(59-54(58-51)42-15-3-1-4-16-42)48-23-10-9-22-47(48)46-21-8-7-20-45(46)39-28-32-41(33-29-39)53-49-24-11-12-25-50(49)57-55(60-53)43-17-5-2-6-18-43/h1-35H. The Balaban J connectivity index is 1.05. The minimum atomic E-state index is 0.635. The van der Waals surface area contributed by atoms with Gasteiger partial charge in [0, 0.05) is 33.2 Å². The molecule has 2 aromatic heterocycles. The largest absolute Gasteiger partial charge is 0.228 e. The molecular formula is C55H35N5. The number of aromatic nitrogens is 4. The fraction of sp³-hybridized carbons (Fsp3) is 0. The molecule has 0 amide bonds. The molecule has 0 N–H and O–H groups in total. The van der Waals surface area contributed by atoms with Gasteiger partial charge >= 0.3 is 0 Å². The molecule has 0 unspecified atom stereocenters. The molecule has 0 fully saturated rings. The van der Waals surface area contributed by atoms with Gasteiger partial charge in [-0.1, -0.05) is 188 Å². The normalized spacial score (nSPS) is 11.0. The molecule has 0 saturated heterocycles. The van der Waals surface area contributed by atoms with Crippen LogP contribution in [-0.4, -0.2) is 19.9 Å². The molecule has 0 atom stereocenters. The third-order valence-corrected chi connectivity index (χ3v) is 10.8. The lowest BCUT2D eigenvalue weighted by molar-refractivity contribution is 1.18. The Hall–Kier alpha value is -8.33. The molecule has 0 spiro atoms. The van der Waals surface area contributed by atoms with Crippen LogP contribution in [0.2, 0.25) is 0 Å². The zero-order chi connectivity index (χ0) is 40.3. The van der Waals surface area contributed by atoms with E-state index in [4.69, 9.17) is 19.9 Å². The van der Waals surface area contributed by atoms with E-state index in [1.54, 1.807) is 0 Å². The zero-order valence-corrected chi connectivity index (χ0v) is 32.4. The van der Waals surface area contributed by atoms with Gasteiger partial charge in [-0.05, 0) is 57.6 Å². The van der Waals surface area contributed by atoms with Crippen molar-refractivity contribution in [1.29, 1.82) is 5.26 Å². The number of rotatable bonds is 8. The Morgan fingerprint density at radius 3 is 1.53 bits per heavy atom. The molecule has 2 heterocycles. The Kier molecular flexibility index (Phi) is 9.55. The van der Waals surface area contributed by atoms with Crippen LogP contribution in [0.1, 0.15) is 5.56 Å². The Morgan fingerprint density at radius 1 is 0.317 bits per heavy atom. The first-order chi connectivity index (χ1) is 29.7. The number of nitriles is 1. The highest BCUT2D eigenvalue weighted by atomic mass is 14.9. The van der Waals surface area contributed by atoms with Crippen molar-refractivity contribution in [3.05, 3.63) is 218 Å². The fourth-order valence-corrected chi connectivity index (χ4v) is 7.78. The van der Waals surface area contributed by atoms with Crippen LogP contribution in [0.25, 0.3) is 101 Å². The van der Waals surface area contributed by atoms with Crippen molar-refractivity contribution in [2.45, 2.75) is 0 Å². The average molecular weight is 766 g/mol. The van der Waals surface area contributed by atoms with Gasteiger partial charge in [-0.2, -0.15) is 5.26 Å². The van der Waals surface area contributed by atoms with Crippen LogP contribution >= 0.6 is 0 Å². The van der Waals surface area contributed by atoms with E-state index < -0.39 is 0 Å². The molecule has 60 heavy (non-hydrogen) atoms. The molecule has 10 rings (SSSR count). The molecular weight excluding hydrogens is 731 g/mol. The highest BCUT2D eigenvalue weighted by molar-refractivity contribution is 5.95. The lowest BCUT2D eigenvalue weighted by Gasteiger charge is -2.16. The topological polar surface area (TPSA) is 75.3 Å². The third-order valence-electron chi connectivity index (χ3n) is 10.8. The summed E-state index contributed by atoms with van der Waals surface area (Å²) in [5.74, 6) is 1.36. The van der Waals surface area contributed by atoms with E-state index in [-0.39, 0.29) is 0 Å². The van der Waals surface area contributed by atoms with Gasteiger partial charge in [0.2, 0.25) is 0 Å². The summed E-state index contributed by atoms with van der Waals surface area (Å²) in [6.07, 6.45) is 0. The van der Waals surface area contributed by atoms with Crippen molar-refractivity contribution in [1.82, 2.24) is 19.9 Å². The minimum absolute atomic E-state index is 0.635. The number of benzene rings is 8. The second-order valence-corrected chi connectivity index (χ2v) is 14.5. The van der Waals surface area contributed by atoms with Crippen LogP contribution in [0.5, 0.6) is 0 Å². The number of hydrogen-bond acceptors (Lipinski definition) is 5. The number of nitrogens with zero attached hydrogens (tertiary/aromatic N) is 5. The van der Waals surface area contributed by atoms with Crippen LogP contribution in [0.3, 0.4) is 0 Å². The van der Waals surface area contributed by atoms with Gasteiger partial charge in [0.25, 0.3) is 0 Å². The summed E-state index contributed by atoms with van der Waals surface area (Å²) < 4.78 is 0. The van der Waals surface area contributed by atoms with E-state index in [2.05, 4.69) is 115 Å².